The Hall–Kier alpha value is -2.24. The first kappa shape index (κ1) is 14.8. The van der Waals surface area contributed by atoms with Crippen molar-refractivity contribution in [3.8, 4) is 5.75 Å². The van der Waals surface area contributed by atoms with Crippen molar-refractivity contribution in [1.29, 1.82) is 0 Å². The zero-order chi connectivity index (χ0) is 14.4. The van der Waals surface area contributed by atoms with Gasteiger partial charge in [0, 0.05) is 19.7 Å². The SMILES string of the molecule is CCOc1ccc(C(=O)NCC(=O)N(C)C)cc1N. The lowest BCUT2D eigenvalue weighted by atomic mass is 10.1. The number of amides is 2. The molecule has 0 saturated carbocycles. The highest BCUT2D eigenvalue weighted by Gasteiger charge is 2.11. The van der Waals surface area contributed by atoms with Gasteiger partial charge in [0.25, 0.3) is 5.91 Å². The Balaban J connectivity index is 2.67. The molecule has 104 valence electrons. The Kier molecular flexibility index (Phi) is 5.17. The van der Waals surface area contributed by atoms with Crippen LogP contribution in [-0.4, -0.2) is 44.0 Å². The number of rotatable bonds is 5. The molecule has 0 aliphatic carbocycles. The summed E-state index contributed by atoms with van der Waals surface area (Å²) in [5.74, 6) is 0.0284. The number of likely N-dealkylation sites (N-methyl/N-ethyl adjacent to an activating group) is 1. The highest BCUT2D eigenvalue weighted by molar-refractivity contribution is 5.97. The first-order valence-electron chi connectivity index (χ1n) is 5.96. The first-order valence-corrected chi connectivity index (χ1v) is 5.96. The largest absolute Gasteiger partial charge is 0.492 e. The summed E-state index contributed by atoms with van der Waals surface area (Å²) in [5.41, 5.74) is 6.56. The van der Waals surface area contributed by atoms with Gasteiger partial charge in [-0.1, -0.05) is 0 Å². The minimum absolute atomic E-state index is 0.0427. The highest BCUT2D eigenvalue weighted by Crippen LogP contribution is 2.22. The van der Waals surface area contributed by atoms with E-state index in [9.17, 15) is 9.59 Å². The number of hydrogen-bond donors (Lipinski definition) is 2. The van der Waals surface area contributed by atoms with E-state index < -0.39 is 0 Å². The normalized spacial score (nSPS) is 9.84. The van der Waals surface area contributed by atoms with Gasteiger partial charge in [-0.25, -0.2) is 0 Å². The third-order valence-corrected chi connectivity index (χ3v) is 2.47. The van der Waals surface area contributed by atoms with Crippen LogP contribution < -0.4 is 15.8 Å². The molecular formula is C13H19N3O3. The molecule has 3 N–H and O–H groups in total. The monoisotopic (exact) mass is 265 g/mol. The predicted octanol–water partition coefficient (Wildman–Crippen LogP) is 0.485. The van der Waals surface area contributed by atoms with Gasteiger partial charge in [0.15, 0.2) is 0 Å². The quantitative estimate of drug-likeness (QED) is 0.759. The Morgan fingerprint density at radius 1 is 1.37 bits per heavy atom. The molecule has 1 aromatic carbocycles. The number of nitrogens with one attached hydrogen (secondary N) is 1. The van der Waals surface area contributed by atoms with Crippen LogP contribution in [0.5, 0.6) is 5.75 Å². The second kappa shape index (κ2) is 6.63. The van der Waals surface area contributed by atoms with Crippen LogP contribution in [-0.2, 0) is 4.79 Å². The number of carbonyl (C=O) groups is 2. The molecule has 0 radical (unpaired) electrons. The van der Waals surface area contributed by atoms with E-state index in [-0.39, 0.29) is 18.4 Å². The molecule has 6 heteroatoms. The van der Waals surface area contributed by atoms with Gasteiger partial charge in [0.1, 0.15) is 5.75 Å². The molecule has 0 saturated heterocycles. The Labute approximate surface area is 112 Å². The third kappa shape index (κ3) is 4.17. The van der Waals surface area contributed by atoms with E-state index in [2.05, 4.69) is 5.32 Å². The maximum absolute atomic E-state index is 11.8. The van der Waals surface area contributed by atoms with Crippen molar-refractivity contribution in [3.63, 3.8) is 0 Å². The second-order valence-electron chi connectivity index (χ2n) is 4.16. The Morgan fingerprint density at radius 2 is 2.05 bits per heavy atom. The number of nitrogens with two attached hydrogens (primary N) is 1. The average molecular weight is 265 g/mol. The summed E-state index contributed by atoms with van der Waals surface area (Å²) in [6.07, 6.45) is 0. The number of carbonyl (C=O) groups excluding carboxylic acids is 2. The molecule has 0 aromatic heterocycles. The van der Waals surface area contributed by atoms with Crippen molar-refractivity contribution < 1.29 is 14.3 Å². The van der Waals surface area contributed by atoms with Crippen LogP contribution in [0.4, 0.5) is 5.69 Å². The molecule has 0 unspecified atom stereocenters. The summed E-state index contributed by atoms with van der Waals surface area (Å²) < 4.78 is 5.28. The smallest absolute Gasteiger partial charge is 0.251 e. The summed E-state index contributed by atoms with van der Waals surface area (Å²) in [7, 11) is 3.26. The molecule has 19 heavy (non-hydrogen) atoms. The van der Waals surface area contributed by atoms with E-state index in [1.54, 1.807) is 26.2 Å². The van der Waals surface area contributed by atoms with E-state index in [0.717, 1.165) is 0 Å². The van der Waals surface area contributed by atoms with E-state index in [4.69, 9.17) is 10.5 Å². The number of benzene rings is 1. The van der Waals surface area contributed by atoms with Gasteiger partial charge >= 0.3 is 0 Å². The van der Waals surface area contributed by atoms with Crippen LogP contribution in [0, 0.1) is 0 Å². The maximum atomic E-state index is 11.8. The Bertz CT molecular complexity index is 472. The lowest BCUT2D eigenvalue weighted by Crippen LogP contribution is -2.36. The van der Waals surface area contributed by atoms with Crippen molar-refractivity contribution in [2.75, 3.05) is 33.0 Å². The highest BCUT2D eigenvalue weighted by atomic mass is 16.5. The van der Waals surface area contributed by atoms with E-state index in [0.29, 0.717) is 23.6 Å². The molecule has 0 atom stereocenters. The van der Waals surface area contributed by atoms with E-state index in [1.165, 1.54) is 11.0 Å². The van der Waals surface area contributed by atoms with Gasteiger partial charge in [0.2, 0.25) is 5.91 Å². The molecule has 0 fully saturated rings. The molecule has 2 amide bonds. The number of hydrogen-bond acceptors (Lipinski definition) is 4. The summed E-state index contributed by atoms with van der Waals surface area (Å²) in [6.45, 7) is 2.32. The summed E-state index contributed by atoms with van der Waals surface area (Å²) in [6, 6.07) is 4.78. The molecular weight excluding hydrogens is 246 g/mol. The molecule has 0 aliphatic rings. The van der Waals surface area contributed by atoms with Crippen LogP contribution in [0.3, 0.4) is 0 Å². The lowest BCUT2D eigenvalue weighted by molar-refractivity contribution is -0.127. The van der Waals surface area contributed by atoms with Crippen molar-refractivity contribution in [1.82, 2.24) is 10.2 Å². The van der Waals surface area contributed by atoms with Crippen molar-refractivity contribution in [2.45, 2.75) is 6.92 Å². The van der Waals surface area contributed by atoms with Crippen LogP contribution in [0.25, 0.3) is 0 Å². The number of ether oxygens (including phenoxy) is 1. The standard InChI is InChI=1S/C13H19N3O3/c1-4-19-11-6-5-9(7-10(11)14)13(18)15-8-12(17)16(2)3/h5-7H,4,8,14H2,1-3H3,(H,15,18). The number of nitrogens with zero attached hydrogens (tertiary/aromatic N) is 1. The van der Waals surface area contributed by atoms with Gasteiger partial charge < -0.3 is 20.7 Å². The van der Waals surface area contributed by atoms with Crippen molar-refractivity contribution in [3.05, 3.63) is 23.8 Å². The van der Waals surface area contributed by atoms with Gasteiger partial charge in [-0.05, 0) is 25.1 Å². The Morgan fingerprint density at radius 3 is 2.58 bits per heavy atom. The molecule has 1 aromatic rings. The first-order chi connectivity index (χ1) is 8.95. The fourth-order valence-corrected chi connectivity index (χ4v) is 1.39. The van der Waals surface area contributed by atoms with Gasteiger partial charge in [-0.15, -0.1) is 0 Å². The molecule has 1 rings (SSSR count). The molecule has 0 aliphatic heterocycles. The predicted molar refractivity (Wildman–Crippen MR) is 73.1 cm³/mol. The zero-order valence-electron chi connectivity index (χ0n) is 11.4. The molecule has 0 spiro atoms. The fourth-order valence-electron chi connectivity index (χ4n) is 1.39. The topological polar surface area (TPSA) is 84.7 Å². The second-order valence-corrected chi connectivity index (χ2v) is 4.16. The molecule has 0 heterocycles. The minimum atomic E-state index is -0.343. The third-order valence-electron chi connectivity index (χ3n) is 2.47. The molecule has 0 bridgehead atoms. The summed E-state index contributed by atoms with van der Waals surface area (Å²) in [4.78, 5) is 24.6. The van der Waals surface area contributed by atoms with E-state index in [1.807, 2.05) is 6.92 Å². The lowest BCUT2D eigenvalue weighted by Gasteiger charge is -2.12. The van der Waals surface area contributed by atoms with Gasteiger partial charge in [-0.2, -0.15) is 0 Å². The summed E-state index contributed by atoms with van der Waals surface area (Å²) >= 11 is 0. The van der Waals surface area contributed by atoms with Gasteiger partial charge in [0.05, 0.1) is 18.8 Å². The van der Waals surface area contributed by atoms with Crippen molar-refractivity contribution >= 4 is 17.5 Å². The average Bonchev–Trinajstić information content (AvgIpc) is 2.37. The van der Waals surface area contributed by atoms with E-state index >= 15 is 0 Å². The summed E-state index contributed by atoms with van der Waals surface area (Å²) in [5, 5.41) is 2.53. The van der Waals surface area contributed by atoms with Gasteiger partial charge in [-0.3, -0.25) is 9.59 Å². The minimum Gasteiger partial charge on any atom is -0.492 e. The molecule has 6 nitrogen and oxygen atoms in total. The number of nitrogen functional groups attached to an aromatic ring is 1. The van der Waals surface area contributed by atoms with Crippen LogP contribution in [0.1, 0.15) is 17.3 Å². The zero-order valence-corrected chi connectivity index (χ0v) is 11.4. The van der Waals surface area contributed by atoms with Crippen LogP contribution >= 0.6 is 0 Å². The van der Waals surface area contributed by atoms with Crippen LogP contribution in [0.2, 0.25) is 0 Å². The number of anilines is 1. The van der Waals surface area contributed by atoms with Crippen molar-refractivity contribution in [2.24, 2.45) is 0 Å². The fraction of sp³-hybridized carbons (Fsp3) is 0.385. The van der Waals surface area contributed by atoms with Crippen LogP contribution in [0.15, 0.2) is 18.2 Å². The maximum Gasteiger partial charge on any atom is 0.251 e.